The van der Waals surface area contributed by atoms with Gasteiger partial charge in [-0.15, -0.1) is 0 Å². The molecular weight excluding hydrogens is 550 g/mol. The molecule has 4 N–H and O–H groups in total. The van der Waals surface area contributed by atoms with Gasteiger partial charge in [-0.1, -0.05) is 71.4 Å². The van der Waals surface area contributed by atoms with Crippen LogP contribution in [-0.2, 0) is 25.5 Å². The zero-order valence-corrected chi connectivity index (χ0v) is 27.4. The van der Waals surface area contributed by atoms with E-state index in [4.69, 9.17) is 9.47 Å². The smallest absolute Gasteiger partial charge is 0.379 e. The highest BCUT2D eigenvalue weighted by Gasteiger charge is 2.42. The van der Waals surface area contributed by atoms with Gasteiger partial charge in [-0.2, -0.15) is 0 Å². The summed E-state index contributed by atoms with van der Waals surface area (Å²) in [5, 5.41) is 24.0. The van der Waals surface area contributed by atoms with Crippen LogP contribution in [-0.4, -0.2) is 107 Å². The SMILES string of the molecule is CCC(C)C(C(CC(=O)N1CCCC1C(OC)C(C)C(O)NC(Cc1ccccc1)C(O)=[OH+])OC)N(C)C(=O)CC(C)C. The van der Waals surface area contributed by atoms with Crippen LogP contribution in [0.4, 0.5) is 0 Å². The predicted molar refractivity (Wildman–Crippen MR) is 168 cm³/mol. The Bertz CT molecular complexity index is 1010. The van der Waals surface area contributed by atoms with Crippen molar-refractivity contribution < 1.29 is 34.1 Å². The van der Waals surface area contributed by atoms with Gasteiger partial charge in [0, 0.05) is 46.6 Å². The first-order chi connectivity index (χ1) is 20.4. The third-order valence-electron chi connectivity index (χ3n) is 8.96. The molecule has 0 saturated carbocycles. The first-order valence-electron chi connectivity index (χ1n) is 15.7. The molecular formula is C33H56N3O7+. The molecule has 0 radical (unpaired) electrons. The summed E-state index contributed by atoms with van der Waals surface area (Å²) in [6.45, 7) is 10.6. The largest absolute Gasteiger partial charge is 0.498 e. The molecule has 1 aromatic rings. The van der Waals surface area contributed by atoms with E-state index < -0.39 is 36.4 Å². The summed E-state index contributed by atoms with van der Waals surface area (Å²) in [5.41, 5.74) is 0.885. The molecule has 0 aliphatic carbocycles. The average molecular weight is 607 g/mol. The molecule has 1 aliphatic rings. The highest BCUT2D eigenvalue weighted by molar-refractivity contribution is 5.79. The van der Waals surface area contributed by atoms with E-state index in [1.165, 1.54) is 0 Å². The molecule has 8 unspecified atom stereocenters. The number of likely N-dealkylation sites (N-methyl/N-ethyl adjacent to an activating group) is 1. The van der Waals surface area contributed by atoms with Gasteiger partial charge in [-0.3, -0.25) is 14.9 Å². The van der Waals surface area contributed by atoms with Crippen molar-refractivity contribution in [2.45, 2.75) is 110 Å². The normalized spacial score (nSPS) is 20.2. The van der Waals surface area contributed by atoms with Crippen LogP contribution in [0, 0.1) is 17.8 Å². The number of nitrogens with one attached hydrogen (secondary N) is 1. The van der Waals surface area contributed by atoms with E-state index in [1.54, 1.807) is 26.2 Å². The molecule has 1 fully saturated rings. The number of likely N-dealkylation sites (tertiary alicyclic amines) is 1. The maximum Gasteiger partial charge on any atom is 0.498 e. The first-order valence-corrected chi connectivity index (χ1v) is 15.7. The van der Waals surface area contributed by atoms with Gasteiger partial charge in [-0.25, -0.2) is 0 Å². The van der Waals surface area contributed by atoms with Crippen molar-refractivity contribution in [3.8, 4) is 0 Å². The maximum absolute atomic E-state index is 13.8. The summed E-state index contributed by atoms with van der Waals surface area (Å²) in [4.78, 5) is 40.4. The topological polar surface area (TPSA) is 133 Å². The summed E-state index contributed by atoms with van der Waals surface area (Å²) in [6, 6.07) is 7.97. The summed E-state index contributed by atoms with van der Waals surface area (Å²) in [5.74, 6) is -0.962. The zero-order chi connectivity index (χ0) is 32.3. The molecule has 8 atom stereocenters. The van der Waals surface area contributed by atoms with Crippen molar-refractivity contribution in [3.05, 3.63) is 35.9 Å². The predicted octanol–water partition coefficient (Wildman–Crippen LogP) is 3.53. The summed E-state index contributed by atoms with van der Waals surface area (Å²) in [6.07, 6.45) is 1.08. The number of benzene rings is 1. The number of ether oxygens (including phenoxy) is 2. The third kappa shape index (κ3) is 10.3. The molecule has 244 valence electrons. The highest BCUT2D eigenvalue weighted by atomic mass is 16.5. The maximum atomic E-state index is 13.8. The highest BCUT2D eigenvalue weighted by Crippen LogP contribution is 2.30. The van der Waals surface area contributed by atoms with Crippen LogP contribution in [0.1, 0.15) is 72.3 Å². The molecule has 0 bridgehead atoms. The minimum absolute atomic E-state index is 0.0420. The molecule has 10 nitrogen and oxygen atoms in total. The van der Waals surface area contributed by atoms with E-state index in [9.17, 15) is 24.6 Å². The van der Waals surface area contributed by atoms with E-state index in [0.717, 1.165) is 18.4 Å². The number of aliphatic carboxylic acids is 1. The second-order valence-corrected chi connectivity index (χ2v) is 12.5. The van der Waals surface area contributed by atoms with Crippen molar-refractivity contribution in [1.82, 2.24) is 15.1 Å². The number of carboxylic acids is 1. The second kappa shape index (κ2) is 17.7. The van der Waals surface area contributed by atoms with Crippen molar-refractivity contribution >= 4 is 17.8 Å². The van der Waals surface area contributed by atoms with Gasteiger partial charge >= 0.3 is 5.97 Å². The number of amides is 2. The van der Waals surface area contributed by atoms with Crippen LogP contribution in [0.25, 0.3) is 0 Å². The zero-order valence-electron chi connectivity index (χ0n) is 27.4. The van der Waals surface area contributed by atoms with Crippen molar-refractivity contribution in [1.29, 1.82) is 0 Å². The van der Waals surface area contributed by atoms with Gasteiger partial charge in [0.05, 0.1) is 30.7 Å². The number of aliphatic hydroxyl groups is 1. The van der Waals surface area contributed by atoms with Gasteiger partial charge < -0.3 is 34.3 Å². The fourth-order valence-corrected chi connectivity index (χ4v) is 6.31. The number of aliphatic hydroxyl groups excluding tert-OH is 2. The van der Waals surface area contributed by atoms with E-state index in [1.807, 2.05) is 56.0 Å². The Morgan fingerprint density at radius 1 is 1.12 bits per heavy atom. The first kappa shape index (κ1) is 36.7. The Morgan fingerprint density at radius 3 is 2.30 bits per heavy atom. The average Bonchev–Trinajstić information content (AvgIpc) is 3.46. The lowest BCUT2D eigenvalue weighted by Gasteiger charge is -2.40. The Labute approximate surface area is 258 Å². The minimum Gasteiger partial charge on any atom is -0.379 e. The standard InChI is InChI=1S/C33H55N3O7/c1-9-22(4)30(35(6)28(37)18-21(2)3)27(42-7)20-29(38)36-17-13-16-26(36)31(43-8)23(5)32(39)34-25(33(40)41)19-24-14-11-10-12-15-24/h10-12,14-15,21-23,25-27,30-32,34,39H,9,13,16-20H2,1-8H3,(H,40,41)/p+1. The van der Waals surface area contributed by atoms with Gasteiger partial charge in [0.1, 0.15) is 6.23 Å². The van der Waals surface area contributed by atoms with Crippen LogP contribution >= 0.6 is 0 Å². The van der Waals surface area contributed by atoms with Crippen LogP contribution in [0.15, 0.2) is 30.3 Å². The Morgan fingerprint density at radius 2 is 1.77 bits per heavy atom. The molecule has 1 aromatic carbocycles. The lowest BCUT2D eigenvalue weighted by atomic mass is 9.90. The summed E-state index contributed by atoms with van der Waals surface area (Å²) >= 11 is 0. The van der Waals surface area contributed by atoms with Gasteiger partial charge in [0.25, 0.3) is 0 Å². The number of methoxy groups -OCH3 is 2. The molecule has 1 heterocycles. The number of carbonyl (C=O) groups is 2. The number of carbonyl (C=O) groups excluding carboxylic acids is 2. The van der Waals surface area contributed by atoms with Crippen LogP contribution in [0.5, 0.6) is 0 Å². The van der Waals surface area contributed by atoms with E-state index in [0.29, 0.717) is 19.4 Å². The fraction of sp³-hybridized carbons (Fsp3) is 0.727. The summed E-state index contributed by atoms with van der Waals surface area (Å²) in [7, 11) is 4.97. The molecule has 1 saturated heterocycles. The molecule has 0 spiro atoms. The van der Waals surface area contributed by atoms with Gasteiger partial charge in [-0.05, 0) is 30.2 Å². The number of carboxylic acid groups (broad SMARTS) is 1. The van der Waals surface area contributed by atoms with Gasteiger partial charge in [0.2, 0.25) is 11.8 Å². The molecule has 2 rings (SSSR count). The second-order valence-electron chi connectivity index (χ2n) is 12.5. The number of hydrogen-bond donors (Lipinski definition) is 3. The Hall–Kier alpha value is -2.53. The molecule has 2 amide bonds. The van der Waals surface area contributed by atoms with E-state index in [-0.39, 0.29) is 48.6 Å². The molecule has 1 aliphatic heterocycles. The quantitative estimate of drug-likeness (QED) is 0.172. The fourth-order valence-electron chi connectivity index (χ4n) is 6.31. The number of rotatable bonds is 18. The van der Waals surface area contributed by atoms with E-state index >= 15 is 0 Å². The lowest BCUT2D eigenvalue weighted by molar-refractivity contribution is -0.145. The monoisotopic (exact) mass is 606 g/mol. The van der Waals surface area contributed by atoms with Crippen molar-refractivity contribution in [2.75, 3.05) is 27.8 Å². The third-order valence-corrected chi connectivity index (χ3v) is 8.96. The molecule has 10 heteroatoms. The lowest BCUT2D eigenvalue weighted by Crippen LogP contribution is -2.55. The van der Waals surface area contributed by atoms with Crippen molar-refractivity contribution in [3.63, 3.8) is 0 Å². The summed E-state index contributed by atoms with van der Waals surface area (Å²) < 4.78 is 11.8. The Balaban J connectivity index is 2.17. The van der Waals surface area contributed by atoms with Crippen LogP contribution in [0.3, 0.4) is 0 Å². The minimum atomic E-state index is -1.13. The van der Waals surface area contributed by atoms with E-state index in [2.05, 4.69) is 19.2 Å². The number of hydrogen-bond acceptors (Lipinski definition) is 6. The molecule has 0 aromatic heterocycles. The van der Waals surface area contributed by atoms with Crippen LogP contribution in [0.2, 0.25) is 0 Å². The van der Waals surface area contributed by atoms with Gasteiger partial charge in [0.15, 0.2) is 6.04 Å². The van der Waals surface area contributed by atoms with Crippen LogP contribution < -0.4 is 5.32 Å². The van der Waals surface area contributed by atoms with Crippen molar-refractivity contribution in [2.24, 2.45) is 17.8 Å². The number of nitrogens with zero attached hydrogens (tertiary/aromatic N) is 2. The molecule has 43 heavy (non-hydrogen) atoms. The Kier molecular flexibility index (Phi) is 15.1.